The van der Waals surface area contributed by atoms with Crippen molar-refractivity contribution in [1.82, 2.24) is 19.7 Å². The Morgan fingerprint density at radius 3 is 2.85 bits per heavy atom. The Labute approximate surface area is 160 Å². The SMILES string of the molecule is Cc1ccccc1Cc1cccc([C@@H]2CN(Cc3cnn(C)c3)CCO2)n1. The van der Waals surface area contributed by atoms with E-state index in [2.05, 4.69) is 65.6 Å². The number of hydrogen-bond acceptors (Lipinski definition) is 4. The van der Waals surface area contributed by atoms with Crippen LogP contribution >= 0.6 is 0 Å². The van der Waals surface area contributed by atoms with Crippen LogP contribution in [0.5, 0.6) is 0 Å². The Hall–Kier alpha value is -2.50. The maximum atomic E-state index is 6.04. The van der Waals surface area contributed by atoms with E-state index in [0.717, 1.165) is 44.0 Å². The van der Waals surface area contributed by atoms with Crippen LogP contribution in [0.15, 0.2) is 54.9 Å². The lowest BCUT2D eigenvalue weighted by molar-refractivity contribution is -0.0350. The molecule has 0 saturated carbocycles. The standard InChI is InChI=1S/C22H26N4O/c1-17-6-3-4-7-19(17)12-20-8-5-9-21(24-20)22-16-26(10-11-27-22)15-18-13-23-25(2)14-18/h3-9,13-14,22H,10-12,15-16H2,1-2H3/t22-/m0/s1. The summed E-state index contributed by atoms with van der Waals surface area (Å²) in [6, 6.07) is 14.8. The van der Waals surface area contributed by atoms with E-state index in [1.165, 1.54) is 16.7 Å². The van der Waals surface area contributed by atoms with E-state index in [0.29, 0.717) is 0 Å². The second kappa shape index (κ2) is 8.03. The smallest absolute Gasteiger partial charge is 0.112 e. The number of pyridine rings is 1. The molecular weight excluding hydrogens is 336 g/mol. The van der Waals surface area contributed by atoms with E-state index >= 15 is 0 Å². The average Bonchev–Trinajstić information content (AvgIpc) is 3.09. The van der Waals surface area contributed by atoms with Crippen molar-refractivity contribution in [2.45, 2.75) is 26.0 Å². The minimum atomic E-state index is 0.0206. The van der Waals surface area contributed by atoms with Crippen molar-refractivity contribution >= 4 is 0 Å². The van der Waals surface area contributed by atoms with Gasteiger partial charge in [0.05, 0.1) is 18.5 Å². The van der Waals surface area contributed by atoms with E-state index in [1.807, 2.05) is 17.9 Å². The zero-order chi connectivity index (χ0) is 18.6. The normalized spacial score (nSPS) is 17.9. The first-order chi connectivity index (χ1) is 13.2. The Balaban J connectivity index is 1.45. The van der Waals surface area contributed by atoms with Gasteiger partial charge >= 0.3 is 0 Å². The molecule has 2 aromatic heterocycles. The van der Waals surface area contributed by atoms with Gasteiger partial charge in [-0.25, -0.2) is 0 Å². The molecular formula is C22H26N4O. The van der Waals surface area contributed by atoms with E-state index in [4.69, 9.17) is 9.72 Å². The number of ether oxygens (including phenoxy) is 1. The van der Waals surface area contributed by atoms with Crippen LogP contribution in [0.1, 0.15) is 34.2 Å². The van der Waals surface area contributed by atoms with Gasteiger partial charge in [-0.3, -0.25) is 14.6 Å². The Bertz CT molecular complexity index is 905. The van der Waals surface area contributed by atoms with Gasteiger partial charge in [0.1, 0.15) is 6.10 Å². The molecule has 0 radical (unpaired) electrons. The molecule has 3 aromatic rings. The molecule has 0 unspecified atom stereocenters. The molecule has 0 aliphatic carbocycles. The molecule has 0 amide bonds. The van der Waals surface area contributed by atoms with Crippen LogP contribution in [0.3, 0.4) is 0 Å². The van der Waals surface area contributed by atoms with Crippen molar-refractivity contribution in [3.05, 3.63) is 82.9 Å². The molecule has 140 valence electrons. The largest absolute Gasteiger partial charge is 0.369 e. The fraction of sp³-hybridized carbons (Fsp3) is 0.364. The lowest BCUT2D eigenvalue weighted by atomic mass is 10.0. The highest BCUT2D eigenvalue weighted by Crippen LogP contribution is 2.23. The molecule has 0 spiro atoms. The molecule has 0 bridgehead atoms. The fourth-order valence-electron chi connectivity index (χ4n) is 3.62. The third kappa shape index (κ3) is 4.43. The number of aromatic nitrogens is 3. The van der Waals surface area contributed by atoms with Crippen LogP contribution in [0, 0.1) is 6.92 Å². The highest BCUT2D eigenvalue weighted by Gasteiger charge is 2.23. The van der Waals surface area contributed by atoms with Crippen LogP contribution in [0.4, 0.5) is 0 Å². The average molecular weight is 362 g/mol. The summed E-state index contributed by atoms with van der Waals surface area (Å²) in [5.41, 5.74) is 5.98. The first kappa shape index (κ1) is 17.9. The quantitative estimate of drug-likeness (QED) is 0.699. The summed E-state index contributed by atoms with van der Waals surface area (Å²) in [6.07, 6.45) is 4.89. The Morgan fingerprint density at radius 1 is 1.15 bits per heavy atom. The molecule has 5 heteroatoms. The van der Waals surface area contributed by atoms with Gasteiger partial charge in [0.2, 0.25) is 0 Å². The number of aryl methyl sites for hydroxylation is 2. The van der Waals surface area contributed by atoms with Gasteiger partial charge in [-0.1, -0.05) is 30.3 Å². The molecule has 1 saturated heterocycles. The monoisotopic (exact) mass is 362 g/mol. The first-order valence-electron chi connectivity index (χ1n) is 9.49. The van der Waals surface area contributed by atoms with Crippen LogP contribution < -0.4 is 0 Å². The topological polar surface area (TPSA) is 43.2 Å². The molecule has 1 aliphatic heterocycles. The van der Waals surface area contributed by atoms with E-state index in [-0.39, 0.29) is 6.10 Å². The summed E-state index contributed by atoms with van der Waals surface area (Å²) in [5.74, 6) is 0. The van der Waals surface area contributed by atoms with Crippen molar-refractivity contribution in [2.75, 3.05) is 19.7 Å². The molecule has 27 heavy (non-hydrogen) atoms. The predicted molar refractivity (Wildman–Crippen MR) is 105 cm³/mol. The Morgan fingerprint density at radius 2 is 2.04 bits per heavy atom. The van der Waals surface area contributed by atoms with Gasteiger partial charge in [-0.15, -0.1) is 0 Å². The van der Waals surface area contributed by atoms with Crippen molar-refractivity contribution in [1.29, 1.82) is 0 Å². The van der Waals surface area contributed by atoms with Crippen LogP contribution in [-0.4, -0.2) is 39.4 Å². The van der Waals surface area contributed by atoms with Gasteiger partial charge in [0, 0.05) is 50.6 Å². The summed E-state index contributed by atoms with van der Waals surface area (Å²) >= 11 is 0. The lowest BCUT2D eigenvalue weighted by Crippen LogP contribution is -2.38. The second-order valence-electron chi connectivity index (χ2n) is 7.27. The first-order valence-corrected chi connectivity index (χ1v) is 9.49. The van der Waals surface area contributed by atoms with Gasteiger partial charge < -0.3 is 4.74 Å². The summed E-state index contributed by atoms with van der Waals surface area (Å²) in [5, 5.41) is 4.26. The van der Waals surface area contributed by atoms with Crippen LogP contribution in [0.2, 0.25) is 0 Å². The molecule has 0 N–H and O–H groups in total. The molecule has 1 fully saturated rings. The van der Waals surface area contributed by atoms with E-state index in [9.17, 15) is 0 Å². The summed E-state index contributed by atoms with van der Waals surface area (Å²) in [4.78, 5) is 7.33. The highest BCUT2D eigenvalue weighted by atomic mass is 16.5. The fourth-order valence-corrected chi connectivity index (χ4v) is 3.62. The van der Waals surface area contributed by atoms with Gasteiger partial charge in [0.15, 0.2) is 0 Å². The van der Waals surface area contributed by atoms with Gasteiger partial charge in [0.25, 0.3) is 0 Å². The number of benzene rings is 1. The molecule has 1 aromatic carbocycles. The second-order valence-corrected chi connectivity index (χ2v) is 7.27. The zero-order valence-electron chi connectivity index (χ0n) is 16.0. The summed E-state index contributed by atoms with van der Waals surface area (Å²) < 4.78 is 7.89. The van der Waals surface area contributed by atoms with E-state index < -0.39 is 0 Å². The number of rotatable bonds is 5. The molecule has 4 rings (SSSR count). The number of morpholine rings is 1. The molecule has 3 heterocycles. The molecule has 1 atom stereocenters. The number of nitrogens with zero attached hydrogens (tertiary/aromatic N) is 4. The lowest BCUT2D eigenvalue weighted by Gasteiger charge is -2.32. The van der Waals surface area contributed by atoms with Crippen LogP contribution in [-0.2, 0) is 24.8 Å². The maximum Gasteiger partial charge on any atom is 0.112 e. The maximum absolute atomic E-state index is 6.04. The van der Waals surface area contributed by atoms with Crippen molar-refractivity contribution in [2.24, 2.45) is 7.05 Å². The van der Waals surface area contributed by atoms with Crippen molar-refractivity contribution < 1.29 is 4.74 Å². The third-order valence-electron chi connectivity index (χ3n) is 5.11. The van der Waals surface area contributed by atoms with E-state index in [1.54, 1.807) is 0 Å². The number of hydrogen-bond donors (Lipinski definition) is 0. The van der Waals surface area contributed by atoms with Crippen molar-refractivity contribution in [3.63, 3.8) is 0 Å². The molecule has 5 nitrogen and oxygen atoms in total. The minimum Gasteiger partial charge on any atom is -0.369 e. The third-order valence-corrected chi connectivity index (χ3v) is 5.11. The van der Waals surface area contributed by atoms with Crippen molar-refractivity contribution in [3.8, 4) is 0 Å². The van der Waals surface area contributed by atoms with Gasteiger partial charge in [-0.05, 0) is 30.2 Å². The zero-order valence-corrected chi connectivity index (χ0v) is 16.0. The van der Waals surface area contributed by atoms with Crippen LogP contribution in [0.25, 0.3) is 0 Å². The van der Waals surface area contributed by atoms with Gasteiger partial charge in [-0.2, -0.15) is 5.10 Å². The molecule has 1 aliphatic rings. The summed E-state index contributed by atoms with van der Waals surface area (Å²) in [6.45, 7) is 5.58. The highest BCUT2D eigenvalue weighted by molar-refractivity contribution is 5.30. The minimum absolute atomic E-state index is 0.0206. The summed E-state index contributed by atoms with van der Waals surface area (Å²) in [7, 11) is 1.95. The predicted octanol–water partition coefficient (Wildman–Crippen LogP) is 3.29. The Kier molecular flexibility index (Phi) is 5.32.